The minimum Gasteiger partial charge on any atom is -0.369 e. The van der Waals surface area contributed by atoms with Gasteiger partial charge < -0.3 is 14.9 Å². The molecule has 1 atom stereocenters. The number of aromatic nitrogens is 1. The third-order valence-corrected chi connectivity index (χ3v) is 6.00. The molecule has 2 aliphatic rings. The van der Waals surface area contributed by atoms with Crippen LogP contribution >= 0.6 is 0 Å². The maximum absolute atomic E-state index is 13.1. The van der Waals surface area contributed by atoms with Gasteiger partial charge in [-0.15, -0.1) is 0 Å². The number of benzene rings is 2. The standard InChI is InChI=1S/C23H24N4O2/c28-22-18-7-3-5-17-6-4-8-19(21(17)18)23(29)27(22)16-13-25-11-14-26(15-12-25)20-9-1-2-10-24-20/h1-10,22,28H,11-16H2. The van der Waals surface area contributed by atoms with Crippen LogP contribution in [0.5, 0.6) is 0 Å². The van der Waals surface area contributed by atoms with Crippen molar-refractivity contribution in [2.24, 2.45) is 0 Å². The van der Waals surface area contributed by atoms with Crippen molar-refractivity contribution in [1.82, 2.24) is 14.8 Å². The average Bonchev–Trinajstić information content (AvgIpc) is 2.78. The number of carbonyl (C=O) groups is 1. The van der Waals surface area contributed by atoms with Crippen LogP contribution in [0.3, 0.4) is 0 Å². The third-order valence-electron chi connectivity index (χ3n) is 6.00. The number of nitrogens with zero attached hydrogens (tertiary/aromatic N) is 4. The molecule has 3 aromatic rings. The molecule has 5 rings (SSSR count). The summed E-state index contributed by atoms with van der Waals surface area (Å²) in [6.07, 6.45) is 0.930. The van der Waals surface area contributed by atoms with Gasteiger partial charge in [0.1, 0.15) is 5.82 Å². The van der Waals surface area contributed by atoms with Gasteiger partial charge in [-0.25, -0.2) is 4.98 Å². The molecule has 0 aliphatic carbocycles. The fourth-order valence-corrected chi connectivity index (χ4v) is 4.41. The van der Waals surface area contributed by atoms with Gasteiger partial charge in [-0.1, -0.05) is 36.4 Å². The minimum absolute atomic E-state index is 0.0890. The molecule has 0 saturated carbocycles. The molecule has 0 bridgehead atoms. The van der Waals surface area contributed by atoms with E-state index in [-0.39, 0.29) is 5.91 Å². The van der Waals surface area contributed by atoms with E-state index in [0.717, 1.165) is 54.9 Å². The molecule has 1 unspecified atom stereocenters. The minimum atomic E-state index is -0.893. The molecule has 3 heterocycles. The fourth-order valence-electron chi connectivity index (χ4n) is 4.41. The zero-order valence-corrected chi connectivity index (χ0v) is 16.2. The second-order valence-corrected chi connectivity index (χ2v) is 7.64. The number of pyridine rings is 1. The van der Waals surface area contributed by atoms with Gasteiger partial charge in [0.2, 0.25) is 0 Å². The summed E-state index contributed by atoms with van der Waals surface area (Å²) in [5.74, 6) is 0.924. The van der Waals surface area contributed by atoms with E-state index in [2.05, 4.69) is 14.8 Å². The summed E-state index contributed by atoms with van der Waals surface area (Å²) in [6, 6.07) is 17.6. The fraction of sp³-hybridized carbons (Fsp3) is 0.304. The lowest BCUT2D eigenvalue weighted by atomic mass is 9.93. The van der Waals surface area contributed by atoms with Crippen LogP contribution in [0.4, 0.5) is 5.82 Å². The van der Waals surface area contributed by atoms with Crippen molar-refractivity contribution >= 4 is 22.5 Å². The highest BCUT2D eigenvalue weighted by molar-refractivity contribution is 6.10. The Bertz CT molecular complexity index is 1030. The molecule has 2 aromatic carbocycles. The molecular weight excluding hydrogens is 364 g/mol. The van der Waals surface area contributed by atoms with Crippen molar-refractivity contribution in [2.75, 3.05) is 44.2 Å². The SMILES string of the molecule is O=C1c2cccc3cccc(c23)C(O)N1CCN1CCN(c2ccccn2)CC1. The van der Waals surface area contributed by atoms with Crippen LogP contribution in [0.1, 0.15) is 22.1 Å². The monoisotopic (exact) mass is 388 g/mol. The van der Waals surface area contributed by atoms with Gasteiger partial charge in [-0.05, 0) is 23.6 Å². The van der Waals surface area contributed by atoms with Gasteiger partial charge in [0.15, 0.2) is 6.23 Å². The topological polar surface area (TPSA) is 59.9 Å². The van der Waals surface area contributed by atoms with Gasteiger partial charge in [0.05, 0.1) is 0 Å². The molecule has 0 radical (unpaired) electrons. The summed E-state index contributed by atoms with van der Waals surface area (Å²) >= 11 is 0. The van der Waals surface area contributed by atoms with Crippen LogP contribution in [0.25, 0.3) is 10.8 Å². The van der Waals surface area contributed by atoms with Crippen LogP contribution in [0.2, 0.25) is 0 Å². The summed E-state index contributed by atoms with van der Waals surface area (Å²) in [5, 5.41) is 12.8. The van der Waals surface area contributed by atoms with Gasteiger partial charge in [0.25, 0.3) is 5.91 Å². The summed E-state index contributed by atoms with van der Waals surface area (Å²) in [5.41, 5.74) is 1.50. The number of amides is 1. The van der Waals surface area contributed by atoms with Crippen molar-refractivity contribution in [3.8, 4) is 0 Å². The van der Waals surface area contributed by atoms with Crippen molar-refractivity contribution in [3.63, 3.8) is 0 Å². The highest BCUT2D eigenvalue weighted by Crippen LogP contribution is 2.35. The van der Waals surface area contributed by atoms with E-state index >= 15 is 0 Å². The molecule has 29 heavy (non-hydrogen) atoms. The zero-order valence-electron chi connectivity index (χ0n) is 16.2. The highest BCUT2D eigenvalue weighted by Gasteiger charge is 2.32. The van der Waals surface area contributed by atoms with E-state index in [4.69, 9.17) is 0 Å². The second kappa shape index (κ2) is 7.46. The first-order valence-corrected chi connectivity index (χ1v) is 10.1. The van der Waals surface area contributed by atoms with E-state index < -0.39 is 6.23 Å². The quantitative estimate of drug-likeness (QED) is 0.744. The number of aliphatic hydroxyl groups is 1. The Balaban J connectivity index is 1.26. The first kappa shape index (κ1) is 18.1. The molecule has 1 amide bonds. The van der Waals surface area contributed by atoms with Crippen molar-refractivity contribution in [2.45, 2.75) is 6.23 Å². The van der Waals surface area contributed by atoms with Crippen LogP contribution in [-0.4, -0.2) is 65.1 Å². The summed E-state index contributed by atoms with van der Waals surface area (Å²) in [6.45, 7) is 4.92. The number of rotatable bonds is 4. The number of hydrogen-bond acceptors (Lipinski definition) is 5. The Labute approximate surface area is 170 Å². The van der Waals surface area contributed by atoms with E-state index in [1.807, 2.05) is 60.8 Å². The lowest BCUT2D eigenvalue weighted by molar-refractivity contribution is 0.000970. The Morgan fingerprint density at radius 3 is 2.48 bits per heavy atom. The zero-order chi connectivity index (χ0) is 19.8. The Morgan fingerprint density at radius 1 is 0.931 bits per heavy atom. The van der Waals surface area contributed by atoms with E-state index in [9.17, 15) is 9.90 Å². The summed E-state index contributed by atoms with van der Waals surface area (Å²) < 4.78 is 0. The van der Waals surface area contributed by atoms with Gasteiger partial charge in [-0.3, -0.25) is 9.69 Å². The molecule has 6 heteroatoms. The first-order valence-electron chi connectivity index (χ1n) is 10.1. The Kier molecular flexibility index (Phi) is 4.66. The molecule has 0 spiro atoms. The normalized spacial score (nSPS) is 19.8. The molecule has 1 aromatic heterocycles. The third kappa shape index (κ3) is 3.24. The van der Waals surface area contributed by atoms with E-state index in [1.165, 1.54) is 0 Å². The maximum Gasteiger partial charge on any atom is 0.256 e. The number of piperazine rings is 1. The summed E-state index contributed by atoms with van der Waals surface area (Å²) in [7, 11) is 0. The molecule has 1 saturated heterocycles. The Morgan fingerprint density at radius 2 is 1.72 bits per heavy atom. The molecule has 2 aliphatic heterocycles. The van der Waals surface area contributed by atoms with Crippen molar-refractivity contribution < 1.29 is 9.90 Å². The van der Waals surface area contributed by atoms with Gasteiger partial charge in [-0.2, -0.15) is 0 Å². The molecular formula is C23H24N4O2. The van der Waals surface area contributed by atoms with Crippen LogP contribution in [-0.2, 0) is 0 Å². The van der Waals surface area contributed by atoms with Crippen LogP contribution < -0.4 is 4.90 Å². The molecule has 1 fully saturated rings. The van der Waals surface area contributed by atoms with Gasteiger partial charge in [0, 0.05) is 62.0 Å². The predicted octanol–water partition coefficient (Wildman–Crippen LogP) is 2.50. The van der Waals surface area contributed by atoms with Crippen LogP contribution in [0.15, 0.2) is 60.8 Å². The molecule has 148 valence electrons. The van der Waals surface area contributed by atoms with E-state index in [1.54, 1.807) is 4.90 Å². The average molecular weight is 388 g/mol. The number of hydrogen-bond donors (Lipinski definition) is 1. The lowest BCUT2D eigenvalue weighted by Crippen LogP contribution is -2.50. The molecule has 6 nitrogen and oxygen atoms in total. The first-order chi connectivity index (χ1) is 14.2. The second-order valence-electron chi connectivity index (χ2n) is 7.64. The smallest absolute Gasteiger partial charge is 0.256 e. The predicted molar refractivity (Wildman–Crippen MR) is 113 cm³/mol. The van der Waals surface area contributed by atoms with Gasteiger partial charge >= 0.3 is 0 Å². The number of carbonyl (C=O) groups excluding carboxylic acids is 1. The summed E-state index contributed by atoms with van der Waals surface area (Å²) in [4.78, 5) is 23.7. The number of aliphatic hydroxyl groups excluding tert-OH is 1. The van der Waals surface area contributed by atoms with E-state index in [0.29, 0.717) is 12.1 Å². The number of anilines is 1. The lowest BCUT2D eigenvalue weighted by Gasteiger charge is -2.38. The highest BCUT2D eigenvalue weighted by atomic mass is 16.3. The van der Waals surface area contributed by atoms with Crippen molar-refractivity contribution in [1.29, 1.82) is 0 Å². The maximum atomic E-state index is 13.1. The van der Waals surface area contributed by atoms with Crippen LogP contribution in [0, 0.1) is 0 Å². The molecule has 1 N–H and O–H groups in total. The largest absolute Gasteiger partial charge is 0.369 e. The Hall–Kier alpha value is -2.96. The van der Waals surface area contributed by atoms with Crippen molar-refractivity contribution in [3.05, 3.63) is 71.9 Å².